The highest BCUT2D eigenvalue weighted by Crippen LogP contribution is 2.15. The van der Waals surface area contributed by atoms with Crippen molar-refractivity contribution >= 4 is 63.4 Å². The molecule has 3 aromatic heterocycles. The number of fused-ring (bicyclic) bond motifs is 3. The number of H-pyrrole nitrogens is 2. The Morgan fingerprint density at radius 3 is 2.02 bits per heavy atom. The molecule has 0 saturated carbocycles. The van der Waals surface area contributed by atoms with E-state index in [0.717, 1.165) is 50.6 Å². The first-order valence-electron chi connectivity index (χ1n) is 14.5. The monoisotopic (exact) mass is 649 g/mol. The second-order valence-corrected chi connectivity index (χ2v) is 10.3. The van der Waals surface area contributed by atoms with Gasteiger partial charge in [-0.1, -0.05) is 36.4 Å². The van der Waals surface area contributed by atoms with Gasteiger partial charge in [-0.05, 0) is 36.4 Å². The number of rotatable bonds is 9. The predicted octanol–water partition coefficient (Wildman–Crippen LogP) is 4.69. The van der Waals surface area contributed by atoms with Crippen LogP contribution < -0.4 is 4.57 Å². The second kappa shape index (κ2) is 16.7. The average Bonchev–Trinajstić information content (AvgIpc) is 3.71. The van der Waals surface area contributed by atoms with E-state index >= 15 is 0 Å². The number of nitrogens with zero attached hydrogens (tertiary/aromatic N) is 4. The van der Waals surface area contributed by atoms with Gasteiger partial charge in [-0.25, -0.2) is 19.5 Å². The number of carbonyl (C=O) groups is 3. The largest absolute Gasteiger partial charge is 0.481 e. The number of halogens is 1. The quantitative estimate of drug-likeness (QED) is 0.129. The summed E-state index contributed by atoms with van der Waals surface area (Å²) in [6.45, 7) is 0. The van der Waals surface area contributed by atoms with Crippen LogP contribution in [0.25, 0.3) is 33.1 Å². The molecule has 0 bridgehead atoms. The predicted molar refractivity (Wildman–Crippen MR) is 176 cm³/mol. The van der Waals surface area contributed by atoms with Crippen LogP contribution in [-0.2, 0) is 52.5 Å². The highest BCUT2D eigenvalue weighted by molar-refractivity contribution is 5.85. The molecular weight excluding hydrogens is 612 g/mol. The van der Waals surface area contributed by atoms with Gasteiger partial charge in [0.15, 0.2) is 11.0 Å². The van der Waals surface area contributed by atoms with Gasteiger partial charge in [0.1, 0.15) is 11.6 Å². The van der Waals surface area contributed by atoms with Gasteiger partial charge < -0.3 is 24.5 Å². The Morgan fingerprint density at radius 2 is 1.39 bits per heavy atom. The molecule has 0 amide bonds. The summed E-state index contributed by atoms with van der Waals surface area (Å²) in [5.41, 5.74) is 6.02. The van der Waals surface area contributed by atoms with Gasteiger partial charge in [0.2, 0.25) is 0 Å². The van der Waals surface area contributed by atoms with Crippen molar-refractivity contribution in [2.45, 2.75) is 38.5 Å². The number of aryl methyl sites for hydroxylation is 5. The van der Waals surface area contributed by atoms with E-state index in [1.165, 1.54) is 7.11 Å². The molecule has 3 aromatic carbocycles. The third-order valence-electron chi connectivity index (χ3n) is 7.20. The van der Waals surface area contributed by atoms with Crippen molar-refractivity contribution in [2.24, 2.45) is 14.1 Å². The molecule has 0 aliphatic carbocycles. The molecule has 12 nitrogen and oxygen atoms in total. The van der Waals surface area contributed by atoms with E-state index in [2.05, 4.69) is 24.7 Å². The number of carbonyl (C=O) groups excluding carboxylic acids is 1. The van der Waals surface area contributed by atoms with Gasteiger partial charge in [-0.3, -0.25) is 14.4 Å². The first-order valence-corrected chi connectivity index (χ1v) is 14.5. The van der Waals surface area contributed by atoms with Gasteiger partial charge in [-0.15, -0.1) is 12.4 Å². The molecule has 242 valence electrons. The van der Waals surface area contributed by atoms with Crippen LogP contribution in [0, 0.1) is 0 Å². The topological polar surface area (TPSA) is 167 Å². The number of esters is 1. The number of carboxylic acid groups (broad SMARTS) is 2. The second-order valence-electron chi connectivity index (χ2n) is 10.3. The fraction of sp³-hybridized carbons (Fsp3) is 0.273. The van der Waals surface area contributed by atoms with Crippen LogP contribution in [0.5, 0.6) is 0 Å². The SMILES string of the molecule is COC(=O)CCc1nc2ccccc2n1C.C[n+]1c(CCC(=O)O)[nH]c2ccccc21.Cl.O=C(O)CCc1nc2ccccc2[nH]1. The number of para-hydroxylation sites is 6. The van der Waals surface area contributed by atoms with Crippen molar-refractivity contribution in [3.63, 3.8) is 0 Å². The zero-order valence-electron chi connectivity index (χ0n) is 25.9. The molecule has 6 rings (SSSR count). The average molecular weight is 650 g/mol. The van der Waals surface area contributed by atoms with E-state index in [-0.39, 0.29) is 31.2 Å². The Morgan fingerprint density at radius 1 is 0.783 bits per heavy atom. The number of imidazole rings is 3. The summed E-state index contributed by atoms with van der Waals surface area (Å²) in [5, 5.41) is 17.1. The summed E-state index contributed by atoms with van der Waals surface area (Å²) in [7, 11) is 5.30. The number of hydrogen-bond donors (Lipinski definition) is 4. The molecule has 0 aliphatic heterocycles. The minimum absolute atomic E-state index is 0. The van der Waals surface area contributed by atoms with Crippen LogP contribution in [0.3, 0.4) is 0 Å². The Hall–Kier alpha value is -5.23. The summed E-state index contributed by atoms with van der Waals surface area (Å²) in [6.07, 6.45) is 2.22. The van der Waals surface area contributed by atoms with E-state index in [4.69, 9.17) is 10.2 Å². The summed E-state index contributed by atoms with van der Waals surface area (Å²) in [5.74, 6) is 0.810. The molecule has 0 atom stereocenters. The number of methoxy groups -OCH3 is 1. The summed E-state index contributed by atoms with van der Waals surface area (Å²) in [4.78, 5) is 46.9. The maximum atomic E-state index is 11.1. The van der Waals surface area contributed by atoms with Crippen molar-refractivity contribution in [3.05, 3.63) is 90.3 Å². The van der Waals surface area contributed by atoms with Gasteiger partial charge in [0, 0.05) is 19.9 Å². The van der Waals surface area contributed by atoms with Crippen molar-refractivity contribution < 1.29 is 33.9 Å². The molecule has 0 aliphatic rings. The molecule has 0 spiro atoms. The van der Waals surface area contributed by atoms with E-state index in [9.17, 15) is 14.4 Å². The number of ether oxygens (including phenoxy) is 1. The Kier molecular flexibility index (Phi) is 12.8. The van der Waals surface area contributed by atoms with Crippen molar-refractivity contribution in [1.82, 2.24) is 24.5 Å². The van der Waals surface area contributed by atoms with E-state index in [1.54, 1.807) is 0 Å². The fourth-order valence-corrected chi connectivity index (χ4v) is 4.80. The van der Waals surface area contributed by atoms with Crippen molar-refractivity contribution in [3.8, 4) is 0 Å². The third kappa shape index (κ3) is 9.38. The van der Waals surface area contributed by atoms with Gasteiger partial charge >= 0.3 is 17.9 Å². The first kappa shape index (κ1) is 35.3. The molecule has 0 unspecified atom stereocenters. The molecule has 13 heteroatoms. The number of carboxylic acids is 2. The molecule has 3 heterocycles. The smallest absolute Gasteiger partial charge is 0.305 e. The molecular formula is C33H38ClN6O6+. The maximum absolute atomic E-state index is 11.1. The summed E-state index contributed by atoms with van der Waals surface area (Å²) < 4.78 is 8.62. The lowest BCUT2D eigenvalue weighted by molar-refractivity contribution is -0.652. The minimum atomic E-state index is -0.801. The Balaban J connectivity index is 0.000000186. The van der Waals surface area contributed by atoms with Crippen LogP contribution in [-0.4, -0.2) is 59.7 Å². The number of aliphatic carboxylic acids is 2. The first-order chi connectivity index (χ1) is 21.7. The Labute approximate surface area is 271 Å². The highest BCUT2D eigenvalue weighted by atomic mass is 35.5. The highest BCUT2D eigenvalue weighted by Gasteiger charge is 2.15. The molecule has 0 saturated heterocycles. The maximum Gasteiger partial charge on any atom is 0.305 e. The lowest BCUT2D eigenvalue weighted by atomic mass is 10.3. The Bertz CT molecular complexity index is 1900. The number of nitrogens with one attached hydrogen (secondary N) is 2. The lowest BCUT2D eigenvalue weighted by Gasteiger charge is -2.01. The third-order valence-corrected chi connectivity index (χ3v) is 7.20. The normalized spacial score (nSPS) is 10.4. The van der Waals surface area contributed by atoms with Gasteiger partial charge in [0.05, 0.1) is 61.9 Å². The lowest BCUT2D eigenvalue weighted by Crippen LogP contribution is -2.31. The van der Waals surface area contributed by atoms with Crippen LogP contribution in [0.15, 0.2) is 72.8 Å². The van der Waals surface area contributed by atoms with Crippen molar-refractivity contribution in [1.29, 1.82) is 0 Å². The zero-order chi connectivity index (χ0) is 32.3. The van der Waals surface area contributed by atoms with E-state index in [0.29, 0.717) is 25.7 Å². The van der Waals surface area contributed by atoms with Crippen LogP contribution in [0.2, 0.25) is 0 Å². The zero-order valence-corrected chi connectivity index (χ0v) is 26.7. The van der Waals surface area contributed by atoms with Crippen LogP contribution in [0.1, 0.15) is 36.7 Å². The molecule has 6 aromatic rings. The van der Waals surface area contributed by atoms with Crippen LogP contribution >= 0.6 is 12.4 Å². The molecule has 46 heavy (non-hydrogen) atoms. The molecule has 0 radical (unpaired) electrons. The molecule has 4 N–H and O–H groups in total. The number of benzene rings is 3. The van der Waals surface area contributed by atoms with Crippen molar-refractivity contribution in [2.75, 3.05) is 7.11 Å². The van der Waals surface area contributed by atoms with E-state index in [1.807, 2.05) is 96.0 Å². The standard InChI is InChI=1S/C12H14N2O2.C11H12N2O2.C10H10N2O2.ClH/c1-14-10-6-4-3-5-9(10)13-11(14)7-8-12(15)16-2;1-13-9-5-3-2-4-8(9)12-10(13)6-7-11(14)15;13-10(14)6-5-9-11-7-3-1-2-4-8(7)12-9;/h3-6H,7-8H2,1-2H3;2-5H,6-7H2,1H3,(H,14,15);1-4H,5-6H2,(H,11,12)(H,13,14);1H/p+1. The number of hydrogen-bond acceptors (Lipinski definition) is 6. The van der Waals surface area contributed by atoms with Gasteiger partial charge in [0.25, 0.3) is 5.82 Å². The van der Waals surface area contributed by atoms with E-state index < -0.39 is 11.9 Å². The minimum Gasteiger partial charge on any atom is -0.481 e. The fourth-order valence-electron chi connectivity index (χ4n) is 4.80. The number of aromatic amines is 2. The summed E-state index contributed by atoms with van der Waals surface area (Å²) in [6, 6.07) is 23.5. The summed E-state index contributed by atoms with van der Waals surface area (Å²) >= 11 is 0. The van der Waals surface area contributed by atoms with Gasteiger partial charge in [-0.2, -0.15) is 0 Å². The number of aromatic nitrogens is 6. The van der Waals surface area contributed by atoms with Crippen LogP contribution in [0.4, 0.5) is 0 Å². The molecule has 0 fully saturated rings.